The normalized spacial score (nSPS) is 12.8. The van der Waals surface area contributed by atoms with Crippen molar-refractivity contribution in [2.45, 2.75) is 23.7 Å². The van der Waals surface area contributed by atoms with Gasteiger partial charge in [-0.05, 0) is 0 Å². The average Bonchev–Trinajstić information content (AvgIpc) is 2.24. The number of aromatic nitrogens is 1. The summed E-state index contributed by atoms with van der Waals surface area (Å²) in [6.45, 7) is 0. The molecular weight excluding hydrogens is 356 g/mol. The topological polar surface area (TPSA) is 56.3 Å². The minimum Gasteiger partial charge on any atom is -0.404 e. The van der Waals surface area contributed by atoms with Crippen LogP contribution in [0, 0.1) is 0 Å². The molecule has 0 amide bonds. The first-order chi connectivity index (χ1) is 8.97. The van der Waals surface area contributed by atoms with Crippen molar-refractivity contribution in [3.05, 3.63) is 17.3 Å². The quantitative estimate of drug-likeness (QED) is 0.468. The summed E-state index contributed by atoms with van der Waals surface area (Å²) in [5, 5.41) is -1.26. The summed E-state index contributed by atoms with van der Waals surface area (Å²) < 4.78 is 87.7. The van der Waals surface area contributed by atoms with Crippen molar-refractivity contribution >= 4 is 31.3 Å². The second-order valence-electron chi connectivity index (χ2n) is 3.24. The number of alkyl halides is 6. The fraction of sp³-hybridized carbons (Fsp3) is 0.375. The molecule has 0 saturated heterocycles. The highest BCUT2D eigenvalue weighted by Gasteiger charge is 2.35. The Morgan fingerprint density at radius 3 is 2.25 bits per heavy atom. The Hall–Kier alpha value is -0.870. The zero-order valence-electron chi connectivity index (χ0n) is 9.09. The first-order valence-electron chi connectivity index (χ1n) is 4.53. The van der Waals surface area contributed by atoms with Gasteiger partial charge in [-0.3, -0.25) is 0 Å². The van der Waals surface area contributed by atoms with E-state index in [4.69, 9.17) is 22.3 Å². The fourth-order valence-electron chi connectivity index (χ4n) is 1.30. The number of rotatable bonds is 4. The summed E-state index contributed by atoms with van der Waals surface area (Å²) in [5.41, 5.74) is -2.18. The Bertz CT molecular complexity index is 605. The van der Waals surface area contributed by atoms with Crippen molar-refractivity contribution in [1.29, 1.82) is 0 Å². The molecule has 20 heavy (non-hydrogen) atoms. The minimum atomic E-state index is -5.18. The van der Waals surface area contributed by atoms with E-state index in [0.29, 0.717) is 6.20 Å². The van der Waals surface area contributed by atoms with Crippen LogP contribution in [-0.4, -0.2) is 19.8 Å². The van der Waals surface area contributed by atoms with Crippen LogP contribution in [0.15, 0.2) is 11.2 Å². The van der Waals surface area contributed by atoms with Gasteiger partial charge in [0.1, 0.15) is 0 Å². The van der Waals surface area contributed by atoms with Gasteiger partial charge in [-0.15, -0.1) is 24.8 Å². The van der Waals surface area contributed by atoms with Crippen molar-refractivity contribution in [2.75, 3.05) is 0 Å². The zero-order chi connectivity index (χ0) is 15.7. The van der Waals surface area contributed by atoms with Gasteiger partial charge in [0, 0.05) is 16.2 Å². The van der Waals surface area contributed by atoms with E-state index in [9.17, 15) is 30.4 Å². The summed E-state index contributed by atoms with van der Waals surface area (Å²) in [4.78, 5) is 2.98. The molecule has 0 fully saturated rings. The highest BCUT2D eigenvalue weighted by Crippen LogP contribution is 2.37. The smallest absolute Gasteiger partial charge is 0.404 e. The number of halogens is 7. The number of hydrogen-bond donors (Lipinski definition) is 0. The Labute approximate surface area is 118 Å². The Balaban J connectivity index is 3.59. The predicted molar refractivity (Wildman–Crippen MR) is 58.5 cm³/mol. The van der Waals surface area contributed by atoms with Gasteiger partial charge in [0.15, 0.2) is 10.8 Å². The monoisotopic (exact) mass is 359 g/mol. The van der Waals surface area contributed by atoms with Crippen molar-refractivity contribution in [3.63, 3.8) is 0 Å². The molecule has 0 unspecified atom stereocenters. The zero-order valence-corrected chi connectivity index (χ0v) is 11.4. The lowest BCUT2D eigenvalue weighted by atomic mass is 10.1. The van der Waals surface area contributed by atoms with Crippen molar-refractivity contribution in [2.24, 2.45) is 0 Å². The molecule has 0 aliphatic heterocycles. The SMILES string of the molecule is O=S(=O)(Cl)c1ncc(OC(F)(F)F)c(CCl)c1C(F)F. The second kappa shape index (κ2) is 5.86. The van der Waals surface area contributed by atoms with E-state index in [1.54, 1.807) is 0 Å². The molecular formula is C8H4Cl2F5NO3S. The highest BCUT2D eigenvalue weighted by atomic mass is 35.7. The van der Waals surface area contributed by atoms with Crippen LogP contribution in [0.2, 0.25) is 0 Å². The molecule has 0 radical (unpaired) electrons. The second-order valence-corrected chi connectivity index (χ2v) is 5.99. The summed E-state index contributed by atoms with van der Waals surface area (Å²) >= 11 is 5.29. The average molecular weight is 360 g/mol. The molecule has 114 valence electrons. The lowest BCUT2D eigenvalue weighted by Crippen LogP contribution is -2.19. The van der Waals surface area contributed by atoms with E-state index in [0.717, 1.165) is 0 Å². The lowest BCUT2D eigenvalue weighted by Gasteiger charge is -2.16. The molecule has 1 aromatic rings. The van der Waals surface area contributed by atoms with Crippen LogP contribution in [-0.2, 0) is 14.9 Å². The molecule has 0 aliphatic carbocycles. The van der Waals surface area contributed by atoms with Crippen LogP contribution < -0.4 is 4.74 Å². The number of hydrogen-bond acceptors (Lipinski definition) is 4. The molecule has 0 aromatic carbocycles. The lowest BCUT2D eigenvalue weighted by molar-refractivity contribution is -0.275. The molecule has 0 saturated carbocycles. The molecule has 1 rings (SSSR count). The van der Waals surface area contributed by atoms with Gasteiger partial charge in [-0.25, -0.2) is 22.2 Å². The van der Waals surface area contributed by atoms with Gasteiger partial charge < -0.3 is 4.74 Å². The van der Waals surface area contributed by atoms with Crippen LogP contribution >= 0.6 is 22.3 Å². The van der Waals surface area contributed by atoms with E-state index in [1.165, 1.54) is 0 Å². The number of ether oxygens (including phenoxy) is 1. The molecule has 0 bridgehead atoms. The van der Waals surface area contributed by atoms with E-state index in [2.05, 4.69) is 9.72 Å². The van der Waals surface area contributed by atoms with Crippen molar-refractivity contribution < 1.29 is 35.1 Å². The third-order valence-corrected chi connectivity index (χ3v) is 3.45. The van der Waals surface area contributed by atoms with Gasteiger partial charge in [0.2, 0.25) is 0 Å². The number of nitrogens with zero attached hydrogens (tertiary/aromatic N) is 1. The van der Waals surface area contributed by atoms with Gasteiger partial charge in [-0.1, -0.05) is 0 Å². The molecule has 0 N–H and O–H groups in total. The minimum absolute atomic E-state index is 0.312. The first kappa shape index (κ1) is 17.2. The summed E-state index contributed by atoms with van der Waals surface area (Å²) in [7, 11) is 0.207. The Morgan fingerprint density at radius 1 is 1.35 bits per heavy atom. The van der Waals surface area contributed by atoms with Crippen molar-refractivity contribution in [3.8, 4) is 5.75 Å². The molecule has 0 spiro atoms. The summed E-state index contributed by atoms with van der Waals surface area (Å²) in [5.74, 6) is -1.97. The fourth-order valence-corrected chi connectivity index (χ4v) is 2.59. The maximum atomic E-state index is 12.9. The van der Waals surface area contributed by atoms with Crippen LogP contribution in [0.1, 0.15) is 17.6 Å². The Kier molecular flexibility index (Phi) is 5.03. The molecule has 1 aromatic heterocycles. The third kappa shape index (κ3) is 4.06. The number of pyridine rings is 1. The maximum absolute atomic E-state index is 12.9. The summed E-state index contributed by atoms with van der Waals surface area (Å²) in [6, 6.07) is 0. The van der Waals surface area contributed by atoms with E-state index in [1.807, 2.05) is 0 Å². The largest absolute Gasteiger partial charge is 0.573 e. The van der Waals surface area contributed by atoms with Gasteiger partial charge in [-0.2, -0.15) is 0 Å². The highest BCUT2D eigenvalue weighted by molar-refractivity contribution is 8.13. The van der Waals surface area contributed by atoms with Crippen LogP contribution in [0.5, 0.6) is 5.75 Å². The van der Waals surface area contributed by atoms with E-state index < -0.39 is 49.6 Å². The standard InChI is InChI=1S/C8H4Cl2F5NO3S/c9-1-3-4(19-8(13,14)15)2-16-7(20(10,17)18)5(3)6(11)12/h2,6H,1H2. The third-order valence-electron chi connectivity index (χ3n) is 1.96. The van der Waals surface area contributed by atoms with Gasteiger partial charge in [0.05, 0.1) is 17.6 Å². The van der Waals surface area contributed by atoms with E-state index in [-0.39, 0.29) is 0 Å². The van der Waals surface area contributed by atoms with Crippen molar-refractivity contribution in [1.82, 2.24) is 4.98 Å². The molecule has 12 heteroatoms. The first-order valence-corrected chi connectivity index (χ1v) is 7.38. The summed E-state index contributed by atoms with van der Waals surface area (Å²) in [6.07, 6.45) is -8.33. The van der Waals surface area contributed by atoms with Crippen LogP contribution in [0.4, 0.5) is 22.0 Å². The predicted octanol–water partition coefficient (Wildman–Crippen LogP) is 3.58. The molecule has 0 atom stereocenters. The van der Waals surface area contributed by atoms with Crippen LogP contribution in [0.25, 0.3) is 0 Å². The molecule has 1 heterocycles. The van der Waals surface area contributed by atoms with Gasteiger partial charge in [0.25, 0.3) is 15.5 Å². The molecule has 0 aliphatic rings. The maximum Gasteiger partial charge on any atom is 0.573 e. The van der Waals surface area contributed by atoms with Gasteiger partial charge >= 0.3 is 6.36 Å². The Morgan fingerprint density at radius 2 is 1.90 bits per heavy atom. The van der Waals surface area contributed by atoms with Crippen LogP contribution in [0.3, 0.4) is 0 Å². The molecule has 4 nitrogen and oxygen atoms in total. The van der Waals surface area contributed by atoms with E-state index >= 15 is 0 Å².